The topological polar surface area (TPSA) is 43.8 Å². The van der Waals surface area contributed by atoms with Crippen molar-refractivity contribution in [3.8, 4) is 0 Å². The van der Waals surface area contributed by atoms with Gasteiger partial charge in [0.1, 0.15) is 0 Å². The van der Waals surface area contributed by atoms with E-state index in [1.807, 2.05) is 10.7 Å². The van der Waals surface area contributed by atoms with E-state index in [4.69, 9.17) is 28.9 Å². The van der Waals surface area contributed by atoms with Crippen LogP contribution >= 0.6 is 35.6 Å². The van der Waals surface area contributed by atoms with E-state index in [0.717, 1.165) is 10.9 Å². The van der Waals surface area contributed by atoms with E-state index < -0.39 is 0 Å². The number of hydrogen-bond acceptors (Lipinski definition) is 2. The van der Waals surface area contributed by atoms with E-state index in [1.165, 1.54) is 0 Å². The molecule has 0 unspecified atom stereocenters. The minimum absolute atomic E-state index is 0. The number of rotatable bonds is 2. The third-order valence-corrected chi connectivity index (χ3v) is 2.75. The van der Waals surface area contributed by atoms with Gasteiger partial charge in [-0.3, -0.25) is 4.68 Å². The molecular weight excluding hydrogens is 256 g/mol. The smallest absolute Gasteiger partial charge is 0.0698 e. The van der Waals surface area contributed by atoms with Crippen molar-refractivity contribution in [3.05, 3.63) is 28.4 Å². The van der Waals surface area contributed by atoms with Gasteiger partial charge in [0.25, 0.3) is 0 Å². The molecule has 1 aromatic heterocycles. The highest BCUT2D eigenvalue weighted by molar-refractivity contribution is 6.42. The molecule has 0 amide bonds. The Hall–Kier alpha value is -0.480. The summed E-state index contributed by atoms with van der Waals surface area (Å²) in [4.78, 5) is 0. The van der Waals surface area contributed by atoms with Gasteiger partial charge in [0.15, 0.2) is 0 Å². The van der Waals surface area contributed by atoms with Gasteiger partial charge >= 0.3 is 0 Å². The molecule has 6 heteroatoms. The van der Waals surface area contributed by atoms with Gasteiger partial charge in [-0.2, -0.15) is 5.10 Å². The Morgan fingerprint density at radius 1 is 1.27 bits per heavy atom. The monoisotopic (exact) mass is 265 g/mol. The lowest BCUT2D eigenvalue weighted by Crippen LogP contribution is -2.10. The quantitative estimate of drug-likeness (QED) is 0.908. The number of benzene rings is 1. The summed E-state index contributed by atoms with van der Waals surface area (Å²) in [5, 5.41) is 6.25. The maximum absolute atomic E-state index is 5.91. The summed E-state index contributed by atoms with van der Waals surface area (Å²) in [7, 11) is 0. The van der Waals surface area contributed by atoms with Crippen molar-refractivity contribution >= 4 is 46.5 Å². The lowest BCUT2D eigenvalue weighted by molar-refractivity contribution is 0.646. The molecule has 1 aromatic carbocycles. The van der Waals surface area contributed by atoms with Gasteiger partial charge < -0.3 is 5.73 Å². The number of nitrogens with two attached hydrogens (primary N) is 1. The highest BCUT2D eigenvalue weighted by atomic mass is 35.5. The van der Waals surface area contributed by atoms with E-state index in [1.54, 1.807) is 12.3 Å². The molecule has 82 valence electrons. The zero-order chi connectivity index (χ0) is 10.1. The lowest BCUT2D eigenvalue weighted by atomic mass is 10.2. The van der Waals surface area contributed by atoms with Crippen molar-refractivity contribution in [2.45, 2.75) is 6.54 Å². The molecule has 0 spiro atoms. The Morgan fingerprint density at radius 2 is 1.93 bits per heavy atom. The van der Waals surface area contributed by atoms with Crippen LogP contribution in [0.1, 0.15) is 0 Å². The van der Waals surface area contributed by atoms with Crippen LogP contribution in [0.5, 0.6) is 0 Å². The zero-order valence-corrected chi connectivity index (χ0v) is 10.1. The first-order valence-corrected chi connectivity index (χ1v) is 4.98. The summed E-state index contributed by atoms with van der Waals surface area (Å²) >= 11 is 11.8. The van der Waals surface area contributed by atoms with Crippen LogP contribution in [-0.4, -0.2) is 16.3 Å². The van der Waals surface area contributed by atoms with Crippen molar-refractivity contribution in [1.29, 1.82) is 0 Å². The molecule has 0 aliphatic heterocycles. The van der Waals surface area contributed by atoms with Crippen molar-refractivity contribution in [1.82, 2.24) is 9.78 Å². The van der Waals surface area contributed by atoms with E-state index in [0.29, 0.717) is 23.1 Å². The Bertz CT molecular complexity index is 467. The van der Waals surface area contributed by atoms with Crippen LogP contribution in [0.25, 0.3) is 10.9 Å². The molecule has 0 saturated heterocycles. The first-order valence-electron chi connectivity index (χ1n) is 4.23. The second-order valence-electron chi connectivity index (χ2n) is 2.98. The third kappa shape index (κ3) is 2.37. The van der Waals surface area contributed by atoms with Gasteiger partial charge in [0, 0.05) is 11.9 Å². The maximum atomic E-state index is 5.91. The fraction of sp³-hybridized carbons (Fsp3) is 0.222. The van der Waals surface area contributed by atoms with Crippen LogP contribution in [0.3, 0.4) is 0 Å². The molecule has 2 rings (SSSR count). The SMILES string of the molecule is Cl.NCCn1ncc2cc(Cl)c(Cl)cc21. The summed E-state index contributed by atoms with van der Waals surface area (Å²) in [5.74, 6) is 0. The third-order valence-electron chi connectivity index (χ3n) is 2.02. The van der Waals surface area contributed by atoms with Gasteiger partial charge in [-0.05, 0) is 12.1 Å². The van der Waals surface area contributed by atoms with Crippen molar-refractivity contribution in [3.63, 3.8) is 0 Å². The summed E-state index contributed by atoms with van der Waals surface area (Å²) in [6, 6.07) is 3.61. The Labute approximate surface area is 104 Å². The minimum Gasteiger partial charge on any atom is -0.329 e. The van der Waals surface area contributed by atoms with Gasteiger partial charge in [-0.25, -0.2) is 0 Å². The molecule has 0 saturated carbocycles. The number of hydrogen-bond donors (Lipinski definition) is 1. The maximum Gasteiger partial charge on any atom is 0.0698 e. The standard InChI is InChI=1S/C9H9Cl2N3.ClH/c10-7-3-6-5-13-14(2-1-12)9(6)4-8(7)11;/h3-5H,1-2,12H2;1H. The summed E-state index contributed by atoms with van der Waals surface area (Å²) in [5.41, 5.74) is 6.42. The number of aromatic nitrogens is 2. The van der Waals surface area contributed by atoms with Crippen LogP contribution in [-0.2, 0) is 6.54 Å². The Morgan fingerprint density at radius 3 is 2.60 bits per heavy atom. The molecule has 3 nitrogen and oxygen atoms in total. The molecule has 0 bridgehead atoms. The van der Waals surface area contributed by atoms with Gasteiger partial charge in [0.05, 0.1) is 28.3 Å². The second-order valence-corrected chi connectivity index (χ2v) is 3.80. The first kappa shape index (κ1) is 12.6. The van der Waals surface area contributed by atoms with Crippen LogP contribution < -0.4 is 5.73 Å². The predicted octanol–water partition coefficient (Wildman–Crippen LogP) is 2.72. The average molecular weight is 267 g/mol. The van der Waals surface area contributed by atoms with E-state index in [-0.39, 0.29) is 12.4 Å². The minimum atomic E-state index is 0. The molecule has 2 aromatic rings. The van der Waals surface area contributed by atoms with E-state index in [9.17, 15) is 0 Å². The molecule has 0 atom stereocenters. The molecule has 0 fully saturated rings. The van der Waals surface area contributed by atoms with Crippen molar-refractivity contribution in [2.24, 2.45) is 5.73 Å². The molecule has 1 heterocycles. The highest BCUT2D eigenvalue weighted by Gasteiger charge is 2.05. The second kappa shape index (κ2) is 5.03. The summed E-state index contributed by atoms with van der Waals surface area (Å²) in [6.45, 7) is 1.23. The van der Waals surface area contributed by atoms with Crippen LogP contribution in [0.4, 0.5) is 0 Å². The lowest BCUT2D eigenvalue weighted by Gasteiger charge is -2.01. The largest absolute Gasteiger partial charge is 0.329 e. The highest BCUT2D eigenvalue weighted by Crippen LogP contribution is 2.27. The van der Waals surface area contributed by atoms with Crippen molar-refractivity contribution < 1.29 is 0 Å². The summed E-state index contributed by atoms with van der Waals surface area (Å²) in [6.07, 6.45) is 1.76. The first-order chi connectivity index (χ1) is 6.72. The molecule has 2 N–H and O–H groups in total. The van der Waals surface area contributed by atoms with E-state index in [2.05, 4.69) is 5.10 Å². The zero-order valence-electron chi connectivity index (χ0n) is 7.78. The molecule has 0 aliphatic carbocycles. The Kier molecular flexibility index (Phi) is 4.22. The molecular formula is C9H10Cl3N3. The number of nitrogens with zero attached hydrogens (tertiary/aromatic N) is 2. The van der Waals surface area contributed by atoms with Crippen LogP contribution in [0.2, 0.25) is 10.0 Å². The van der Waals surface area contributed by atoms with E-state index >= 15 is 0 Å². The average Bonchev–Trinajstić information content (AvgIpc) is 2.51. The van der Waals surface area contributed by atoms with Gasteiger partial charge in [-0.15, -0.1) is 12.4 Å². The fourth-order valence-corrected chi connectivity index (χ4v) is 1.70. The Balaban J connectivity index is 0.00000112. The van der Waals surface area contributed by atoms with Gasteiger partial charge in [-0.1, -0.05) is 23.2 Å². The molecule has 15 heavy (non-hydrogen) atoms. The van der Waals surface area contributed by atoms with Crippen LogP contribution in [0.15, 0.2) is 18.3 Å². The predicted molar refractivity (Wildman–Crippen MR) is 66.1 cm³/mol. The number of fused-ring (bicyclic) bond motifs is 1. The molecule has 0 radical (unpaired) electrons. The number of halogens is 3. The fourth-order valence-electron chi connectivity index (χ4n) is 1.37. The van der Waals surface area contributed by atoms with Gasteiger partial charge in [0.2, 0.25) is 0 Å². The normalized spacial score (nSPS) is 10.3. The molecule has 0 aliphatic rings. The van der Waals surface area contributed by atoms with Crippen LogP contribution in [0, 0.1) is 0 Å². The van der Waals surface area contributed by atoms with Crippen molar-refractivity contribution in [2.75, 3.05) is 6.54 Å². The summed E-state index contributed by atoms with van der Waals surface area (Å²) < 4.78 is 1.82.